The molecule has 0 aliphatic carbocycles. The largest absolute Gasteiger partial charge is 0.494 e. The summed E-state index contributed by atoms with van der Waals surface area (Å²) in [6.07, 6.45) is 10.2. The van der Waals surface area contributed by atoms with E-state index >= 15 is 0 Å². The van der Waals surface area contributed by atoms with E-state index in [0.717, 1.165) is 41.0 Å². The lowest BCUT2D eigenvalue weighted by atomic mass is 10.1. The highest BCUT2D eigenvalue weighted by Crippen LogP contribution is 2.40. The Kier molecular flexibility index (Phi) is 11.3. The van der Waals surface area contributed by atoms with Gasteiger partial charge in [-0.05, 0) is 65.5 Å². The Bertz CT molecular complexity index is 1090. The van der Waals surface area contributed by atoms with Crippen molar-refractivity contribution in [3.8, 4) is 41.4 Å². The van der Waals surface area contributed by atoms with Crippen LogP contribution in [0.4, 0.5) is 0 Å². The summed E-state index contributed by atoms with van der Waals surface area (Å²) in [4.78, 5) is 0. The number of hydrogen-bond acceptors (Lipinski definition) is 1. The number of hydrogen-bond donors (Lipinski definition) is 0. The van der Waals surface area contributed by atoms with Crippen molar-refractivity contribution in [2.45, 2.75) is 90.8 Å². The first-order chi connectivity index (χ1) is 16.7. The molecule has 2 aromatic carbocycles. The molecule has 0 saturated heterocycles. The van der Waals surface area contributed by atoms with Crippen LogP contribution in [-0.4, -0.2) is 14.7 Å². The summed E-state index contributed by atoms with van der Waals surface area (Å²) >= 11 is 0. The number of benzene rings is 2. The predicted molar refractivity (Wildman–Crippen MR) is 154 cm³/mol. The zero-order valence-corrected chi connectivity index (χ0v) is 23.8. The molecule has 0 heterocycles. The fraction of sp³-hybridized carbons (Fsp3) is 0.455. The molecule has 0 bridgehead atoms. The first-order valence-electron chi connectivity index (χ1n) is 13.1. The molecule has 0 radical (unpaired) electrons. The standard InChI is InChI=1S/C33H42OSi/c1-9-11-12-13-21-34-33-24-31(19-18-30-16-14-29(10-2)15-17-30)23-32(25-33)20-22-35(26(3)4,27(5)6)28(7)8/h2,14-17,23-28H,9,11-13,21H2,1,3-8H3. The molecule has 184 valence electrons. The van der Waals surface area contributed by atoms with Gasteiger partial charge in [-0.2, -0.15) is 0 Å². The van der Waals surface area contributed by atoms with Gasteiger partial charge >= 0.3 is 0 Å². The van der Waals surface area contributed by atoms with Gasteiger partial charge in [0.05, 0.1) is 6.61 Å². The maximum atomic E-state index is 6.14. The summed E-state index contributed by atoms with van der Waals surface area (Å²) in [6.45, 7) is 17.0. The number of ether oxygens (including phenoxy) is 1. The molecule has 2 heteroatoms. The van der Waals surface area contributed by atoms with E-state index in [2.05, 4.69) is 89.8 Å². The molecule has 0 aliphatic heterocycles. The first-order valence-corrected chi connectivity index (χ1v) is 15.4. The maximum absolute atomic E-state index is 6.14. The first kappa shape index (κ1) is 28.4. The van der Waals surface area contributed by atoms with Gasteiger partial charge < -0.3 is 4.74 Å². The fourth-order valence-electron chi connectivity index (χ4n) is 4.95. The van der Waals surface area contributed by atoms with Gasteiger partial charge in [-0.25, -0.2) is 0 Å². The zero-order chi connectivity index (χ0) is 25.8. The highest BCUT2D eigenvalue weighted by molar-refractivity contribution is 6.90. The van der Waals surface area contributed by atoms with E-state index in [-0.39, 0.29) is 0 Å². The van der Waals surface area contributed by atoms with Gasteiger partial charge in [-0.1, -0.05) is 91.4 Å². The van der Waals surface area contributed by atoms with Crippen LogP contribution in [0.15, 0.2) is 42.5 Å². The van der Waals surface area contributed by atoms with Crippen molar-refractivity contribution >= 4 is 8.07 Å². The quantitative estimate of drug-likeness (QED) is 0.197. The topological polar surface area (TPSA) is 9.23 Å². The maximum Gasteiger partial charge on any atom is 0.146 e. The van der Waals surface area contributed by atoms with Crippen molar-refractivity contribution in [1.29, 1.82) is 0 Å². The summed E-state index contributed by atoms with van der Waals surface area (Å²) in [5.74, 6) is 13.7. The van der Waals surface area contributed by atoms with Gasteiger partial charge in [-0.3, -0.25) is 0 Å². The van der Waals surface area contributed by atoms with Crippen molar-refractivity contribution in [3.63, 3.8) is 0 Å². The van der Waals surface area contributed by atoms with E-state index in [1.165, 1.54) is 19.3 Å². The van der Waals surface area contributed by atoms with Crippen LogP contribution in [0.2, 0.25) is 16.6 Å². The number of terminal acetylenes is 1. The Morgan fingerprint density at radius 1 is 0.714 bits per heavy atom. The fourth-order valence-corrected chi connectivity index (χ4v) is 10.2. The van der Waals surface area contributed by atoms with E-state index < -0.39 is 8.07 Å². The van der Waals surface area contributed by atoms with Crippen molar-refractivity contribution < 1.29 is 4.74 Å². The predicted octanol–water partition coefficient (Wildman–Crippen LogP) is 8.60. The molecular weight excluding hydrogens is 440 g/mol. The Labute approximate surface area is 216 Å². The van der Waals surface area contributed by atoms with Gasteiger partial charge in [0.25, 0.3) is 0 Å². The van der Waals surface area contributed by atoms with Gasteiger partial charge in [0.15, 0.2) is 0 Å². The van der Waals surface area contributed by atoms with Crippen molar-refractivity contribution in [1.82, 2.24) is 0 Å². The van der Waals surface area contributed by atoms with Crippen LogP contribution in [-0.2, 0) is 0 Å². The van der Waals surface area contributed by atoms with E-state index in [9.17, 15) is 0 Å². The van der Waals surface area contributed by atoms with E-state index in [1.807, 2.05) is 30.3 Å². The smallest absolute Gasteiger partial charge is 0.146 e. The summed E-state index contributed by atoms with van der Waals surface area (Å²) in [7, 11) is -1.82. The molecule has 0 amide bonds. The lowest BCUT2D eigenvalue weighted by Gasteiger charge is -2.38. The van der Waals surface area contributed by atoms with Crippen LogP contribution in [0.5, 0.6) is 5.75 Å². The summed E-state index contributed by atoms with van der Waals surface area (Å²) in [6, 6.07) is 14.0. The molecule has 0 atom stereocenters. The average molecular weight is 483 g/mol. The third kappa shape index (κ3) is 8.10. The van der Waals surface area contributed by atoms with Crippen LogP contribution >= 0.6 is 0 Å². The van der Waals surface area contributed by atoms with E-state index in [0.29, 0.717) is 16.6 Å². The van der Waals surface area contributed by atoms with Crippen LogP contribution in [0.25, 0.3) is 0 Å². The molecule has 0 aromatic heterocycles. The Balaban J connectivity index is 2.43. The molecule has 35 heavy (non-hydrogen) atoms. The molecule has 0 spiro atoms. The lowest BCUT2D eigenvalue weighted by molar-refractivity contribution is 0.305. The van der Waals surface area contributed by atoms with Crippen LogP contribution in [0.3, 0.4) is 0 Å². The summed E-state index contributed by atoms with van der Waals surface area (Å²) in [5, 5.41) is 0. The normalized spacial score (nSPS) is 11.0. The zero-order valence-electron chi connectivity index (χ0n) is 22.8. The second-order valence-corrected chi connectivity index (χ2v) is 15.9. The second-order valence-electron chi connectivity index (χ2n) is 10.3. The molecule has 1 nitrogen and oxygen atoms in total. The van der Waals surface area contributed by atoms with Crippen LogP contribution < -0.4 is 4.74 Å². The highest BCUT2D eigenvalue weighted by atomic mass is 28.3. The minimum Gasteiger partial charge on any atom is -0.494 e. The Morgan fingerprint density at radius 2 is 1.26 bits per heavy atom. The Morgan fingerprint density at radius 3 is 1.80 bits per heavy atom. The number of unbranched alkanes of at least 4 members (excludes halogenated alkanes) is 3. The van der Waals surface area contributed by atoms with Crippen molar-refractivity contribution in [3.05, 3.63) is 64.7 Å². The molecule has 0 saturated carbocycles. The molecule has 0 aliphatic rings. The Hall–Kier alpha value is -2.86. The number of rotatable bonds is 9. The van der Waals surface area contributed by atoms with Gasteiger partial charge in [0, 0.05) is 22.3 Å². The van der Waals surface area contributed by atoms with Gasteiger partial charge in [0.1, 0.15) is 13.8 Å². The molecular formula is C33H42OSi. The van der Waals surface area contributed by atoms with Gasteiger partial charge in [-0.15, -0.1) is 12.0 Å². The minimum absolute atomic E-state index is 0.596. The van der Waals surface area contributed by atoms with Crippen molar-refractivity contribution in [2.24, 2.45) is 0 Å². The molecule has 2 rings (SSSR count). The minimum atomic E-state index is -1.82. The average Bonchev–Trinajstić information content (AvgIpc) is 2.82. The highest BCUT2D eigenvalue weighted by Gasteiger charge is 2.41. The van der Waals surface area contributed by atoms with Gasteiger partial charge in [0.2, 0.25) is 0 Å². The monoisotopic (exact) mass is 482 g/mol. The third-order valence-electron chi connectivity index (χ3n) is 6.87. The van der Waals surface area contributed by atoms with Crippen LogP contribution in [0, 0.1) is 35.6 Å². The second kappa shape index (κ2) is 13.9. The van der Waals surface area contributed by atoms with Crippen LogP contribution in [0.1, 0.15) is 96.4 Å². The van der Waals surface area contributed by atoms with Crippen molar-refractivity contribution in [2.75, 3.05) is 6.61 Å². The third-order valence-corrected chi connectivity index (χ3v) is 13.2. The summed E-state index contributed by atoms with van der Waals surface area (Å²) < 4.78 is 6.14. The molecule has 2 aromatic rings. The molecule has 0 fully saturated rings. The van der Waals surface area contributed by atoms with E-state index in [1.54, 1.807) is 0 Å². The lowest BCUT2D eigenvalue weighted by Crippen LogP contribution is -2.43. The SMILES string of the molecule is C#Cc1ccc(C#Cc2cc(C#C[Si](C(C)C)(C(C)C)C(C)C)cc(OCCCCCC)c2)cc1. The summed E-state index contributed by atoms with van der Waals surface area (Å²) in [5.41, 5.74) is 9.34. The molecule has 0 unspecified atom stereocenters. The molecule has 0 N–H and O–H groups in total. The van der Waals surface area contributed by atoms with E-state index in [4.69, 9.17) is 11.2 Å².